The summed E-state index contributed by atoms with van der Waals surface area (Å²) in [4.78, 5) is 15.8. The number of likely N-dealkylation sites (tertiary alicyclic amines) is 1. The van der Waals surface area contributed by atoms with Crippen LogP contribution in [0.3, 0.4) is 0 Å². The van der Waals surface area contributed by atoms with Crippen LogP contribution in [0.5, 0.6) is 0 Å². The Bertz CT molecular complexity index is 558. The number of nitrogens with zero attached hydrogens (tertiary/aromatic N) is 2. The van der Waals surface area contributed by atoms with Crippen LogP contribution in [-0.4, -0.2) is 56.4 Å². The fourth-order valence-electron chi connectivity index (χ4n) is 3.70. The molecular formula is C19H28FN3O2. The van der Waals surface area contributed by atoms with Gasteiger partial charge in [-0.25, -0.2) is 9.18 Å². The molecule has 0 saturated carbocycles. The van der Waals surface area contributed by atoms with Crippen LogP contribution in [-0.2, 0) is 4.74 Å². The summed E-state index contributed by atoms with van der Waals surface area (Å²) < 4.78 is 18.1. The van der Waals surface area contributed by atoms with Crippen molar-refractivity contribution < 1.29 is 13.9 Å². The topological polar surface area (TPSA) is 44.8 Å². The summed E-state index contributed by atoms with van der Waals surface area (Å²) in [5.41, 5.74) is 1.10. The zero-order chi connectivity index (χ0) is 17.6. The Labute approximate surface area is 149 Å². The van der Waals surface area contributed by atoms with E-state index in [4.69, 9.17) is 4.74 Å². The van der Waals surface area contributed by atoms with Gasteiger partial charge in [0.1, 0.15) is 5.82 Å². The maximum Gasteiger partial charge on any atom is 0.409 e. The van der Waals surface area contributed by atoms with Crippen LogP contribution < -0.4 is 10.2 Å². The summed E-state index contributed by atoms with van der Waals surface area (Å²) in [5, 5.41) is 3.67. The van der Waals surface area contributed by atoms with E-state index in [1.54, 1.807) is 4.90 Å². The number of anilines is 1. The molecule has 0 unspecified atom stereocenters. The van der Waals surface area contributed by atoms with Gasteiger partial charge in [-0.2, -0.15) is 0 Å². The van der Waals surface area contributed by atoms with Crippen molar-refractivity contribution >= 4 is 11.8 Å². The van der Waals surface area contributed by atoms with Crippen molar-refractivity contribution in [1.29, 1.82) is 0 Å². The van der Waals surface area contributed by atoms with E-state index < -0.39 is 0 Å². The Morgan fingerprint density at radius 3 is 2.60 bits per heavy atom. The van der Waals surface area contributed by atoms with Crippen molar-refractivity contribution in [3.8, 4) is 0 Å². The fraction of sp³-hybridized carbons (Fsp3) is 0.632. The summed E-state index contributed by atoms with van der Waals surface area (Å²) in [6.45, 7) is 6.85. The number of ether oxygens (including phenoxy) is 1. The van der Waals surface area contributed by atoms with E-state index in [-0.39, 0.29) is 11.9 Å². The number of hydrogen-bond acceptors (Lipinski definition) is 4. The highest BCUT2D eigenvalue weighted by Crippen LogP contribution is 2.24. The molecule has 1 aromatic rings. The Morgan fingerprint density at radius 2 is 1.92 bits per heavy atom. The molecule has 0 radical (unpaired) electrons. The number of piperidine rings is 1. The molecule has 138 valence electrons. The molecule has 1 amide bonds. The number of hydrogen-bond donors (Lipinski definition) is 1. The van der Waals surface area contributed by atoms with Crippen LogP contribution in [0.25, 0.3) is 0 Å². The summed E-state index contributed by atoms with van der Waals surface area (Å²) in [6, 6.07) is 7.24. The molecule has 6 heteroatoms. The maximum absolute atomic E-state index is 13.0. The minimum Gasteiger partial charge on any atom is -0.450 e. The van der Waals surface area contributed by atoms with Crippen LogP contribution >= 0.6 is 0 Å². The van der Waals surface area contributed by atoms with E-state index in [0.717, 1.165) is 57.7 Å². The van der Waals surface area contributed by atoms with Gasteiger partial charge in [-0.1, -0.05) is 0 Å². The third kappa shape index (κ3) is 4.84. The van der Waals surface area contributed by atoms with Crippen molar-refractivity contribution in [2.45, 2.75) is 32.2 Å². The van der Waals surface area contributed by atoms with Gasteiger partial charge >= 0.3 is 6.09 Å². The summed E-state index contributed by atoms with van der Waals surface area (Å²) in [6.07, 6.45) is 2.93. The largest absolute Gasteiger partial charge is 0.450 e. The first-order valence-electron chi connectivity index (χ1n) is 9.31. The minimum atomic E-state index is -0.188. The SMILES string of the molecule is CCOC(=O)N1CCC(NC[C@H]2CCN(c3ccc(F)cc3)C2)CC1. The molecule has 0 bridgehead atoms. The molecule has 2 aliphatic heterocycles. The highest BCUT2D eigenvalue weighted by Gasteiger charge is 2.26. The van der Waals surface area contributed by atoms with E-state index in [1.165, 1.54) is 12.1 Å². The highest BCUT2D eigenvalue weighted by molar-refractivity contribution is 5.67. The molecule has 1 N–H and O–H groups in total. The molecule has 2 aliphatic rings. The number of amides is 1. The van der Waals surface area contributed by atoms with Crippen LogP contribution in [0, 0.1) is 11.7 Å². The highest BCUT2D eigenvalue weighted by atomic mass is 19.1. The van der Waals surface area contributed by atoms with Gasteiger partial charge in [0.15, 0.2) is 0 Å². The standard InChI is InChI=1S/C19H28FN3O2/c1-2-25-19(24)22-11-8-17(9-12-22)21-13-15-7-10-23(14-15)18-5-3-16(20)4-6-18/h3-6,15,17,21H,2,7-14H2,1H3/t15-/m1/s1. The van der Waals surface area contributed by atoms with Crippen molar-refractivity contribution in [3.05, 3.63) is 30.1 Å². The van der Waals surface area contributed by atoms with Crippen molar-refractivity contribution in [2.75, 3.05) is 44.2 Å². The van der Waals surface area contributed by atoms with Gasteiger partial charge in [-0.15, -0.1) is 0 Å². The number of rotatable bonds is 5. The third-order valence-corrected chi connectivity index (χ3v) is 5.19. The van der Waals surface area contributed by atoms with Gasteiger partial charge in [0.2, 0.25) is 0 Å². The van der Waals surface area contributed by atoms with Crippen LogP contribution in [0.15, 0.2) is 24.3 Å². The molecule has 1 aromatic carbocycles. The molecule has 3 rings (SSSR count). The zero-order valence-electron chi connectivity index (χ0n) is 14.9. The molecule has 0 aliphatic carbocycles. The second-order valence-electron chi connectivity index (χ2n) is 6.95. The summed E-state index contributed by atoms with van der Waals surface area (Å²) in [7, 11) is 0. The lowest BCUT2D eigenvalue weighted by atomic mass is 10.0. The number of carbonyl (C=O) groups is 1. The van der Waals surface area contributed by atoms with Gasteiger partial charge in [-0.05, 0) is 62.9 Å². The monoisotopic (exact) mass is 349 g/mol. The number of halogens is 1. The Balaban J connectivity index is 1.37. The van der Waals surface area contributed by atoms with Crippen LogP contribution in [0.1, 0.15) is 26.2 Å². The smallest absolute Gasteiger partial charge is 0.409 e. The van der Waals surface area contributed by atoms with E-state index >= 15 is 0 Å². The van der Waals surface area contributed by atoms with Crippen molar-refractivity contribution in [3.63, 3.8) is 0 Å². The normalized spacial score (nSPS) is 21.6. The van der Waals surface area contributed by atoms with Crippen LogP contribution in [0.4, 0.5) is 14.9 Å². The Kier molecular flexibility index (Phi) is 6.13. The van der Waals surface area contributed by atoms with Gasteiger partial charge in [0, 0.05) is 37.9 Å². The minimum absolute atomic E-state index is 0.185. The maximum atomic E-state index is 13.0. The van der Waals surface area contributed by atoms with E-state index in [1.807, 2.05) is 19.1 Å². The van der Waals surface area contributed by atoms with Gasteiger partial charge < -0.3 is 19.9 Å². The van der Waals surface area contributed by atoms with Crippen molar-refractivity contribution in [1.82, 2.24) is 10.2 Å². The summed E-state index contributed by atoms with van der Waals surface area (Å²) >= 11 is 0. The average molecular weight is 349 g/mol. The summed E-state index contributed by atoms with van der Waals surface area (Å²) in [5.74, 6) is 0.434. The average Bonchev–Trinajstić information content (AvgIpc) is 3.10. The predicted molar refractivity (Wildman–Crippen MR) is 96.3 cm³/mol. The molecule has 25 heavy (non-hydrogen) atoms. The lowest BCUT2D eigenvalue weighted by Gasteiger charge is -2.32. The first-order chi connectivity index (χ1) is 12.2. The number of nitrogens with one attached hydrogen (secondary N) is 1. The fourth-order valence-corrected chi connectivity index (χ4v) is 3.70. The number of carbonyl (C=O) groups excluding carboxylic acids is 1. The molecule has 5 nitrogen and oxygen atoms in total. The van der Waals surface area contributed by atoms with Crippen LogP contribution in [0.2, 0.25) is 0 Å². The van der Waals surface area contributed by atoms with E-state index in [2.05, 4.69) is 10.2 Å². The number of benzene rings is 1. The lowest BCUT2D eigenvalue weighted by Crippen LogP contribution is -2.46. The van der Waals surface area contributed by atoms with E-state index in [9.17, 15) is 9.18 Å². The molecule has 0 spiro atoms. The quantitative estimate of drug-likeness (QED) is 0.888. The van der Waals surface area contributed by atoms with Gasteiger partial charge in [0.05, 0.1) is 6.61 Å². The van der Waals surface area contributed by atoms with Crippen molar-refractivity contribution in [2.24, 2.45) is 5.92 Å². The molecule has 2 fully saturated rings. The second kappa shape index (κ2) is 8.52. The molecular weight excluding hydrogens is 321 g/mol. The first kappa shape index (κ1) is 18.0. The molecule has 2 saturated heterocycles. The molecule has 0 aromatic heterocycles. The van der Waals surface area contributed by atoms with E-state index in [0.29, 0.717) is 18.6 Å². The lowest BCUT2D eigenvalue weighted by molar-refractivity contribution is 0.0948. The predicted octanol–water partition coefficient (Wildman–Crippen LogP) is 2.86. The Hall–Kier alpha value is -1.82. The van der Waals surface area contributed by atoms with Gasteiger partial charge in [0.25, 0.3) is 0 Å². The van der Waals surface area contributed by atoms with Gasteiger partial charge in [-0.3, -0.25) is 0 Å². The zero-order valence-corrected chi connectivity index (χ0v) is 14.9. The second-order valence-corrected chi connectivity index (χ2v) is 6.95. The molecule has 1 atom stereocenters. The third-order valence-electron chi connectivity index (χ3n) is 5.19. The first-order valence-corrected chi connectivity index (χ1v) is 9.31. The molecule has 2 heterocycles. The Morgan fingerprint density at radius 1 is 1.20 bits per heavy atom.